The van der Waals surface area contributed by atoms with Gasteiger partial charge in [0, 0.05) is 37.1 Å². The van der Waals surface area contributed by atoms with E-state index in [4.69, 9.17) is 9.15 Å². The van der Waals surface area contributed by atoms with Gasteiger partial charge >= 0.3 is 0 Å². The molecule has 1 aromatic carbocycles. The summed E-state index contributed by atoms with van der Waals surface area (Å²) >= 11 is 0. The van der Waals surface area contributed by atoms with Crippen LogP contribution in [0.3, 0.4) is 0 Å². The van der Waals surface area contributed by atoms with Crippen LogP contribution in [-0.2, 0) is 13.1 Å². The number of rotatable bonds is 5. The van der Waals surface area contributed by atoms with Crippen molar-refractivity contribution in [1.82, 2.24) is 9.47 Å². The number of nitrogens with zero attached hydrogens (tertiary/aromatic N) is 2. The molecule has 3 heterocycles. The average molecular weight is 336 g/mol. The molecule has 1 aliphatic heterocycles. The van der Waals surface area contributed by atoms with Gasteiger partial charge in [0.15, 0.2) is 0 Å². The Morgan fingerprint density at radius 3 is 2.76 bits per heavy atom. The van der Waals surface area contributed by atoms with Gasteiger partial charge in [0.05, 0.1) is 25.2 Å². The van der Waals surface area contributed by atoms with Crippen molar-refractivity contribution < 1.29 is 9.15 Å². The van der Waals surface area contributed by atoms with E-state index < -0.39 is 0 Å². The summed E-state index contributed by atoms with van der Waals surface area (Å²) in [5.74, 6) is 0.927. The monoisotopic (exact) mass is 336 g/mol. The summed E-state index contributed by atoms with van der Waals surface area (Å²) in [6.07, 6.45) is 6.94. The normalized spacial score (nSPS) is 17.9. The van der Waals surface area contributed by atoms with Gasteiger partial charge in [-0.1, -0.05) is 12.1 Å². The summed E-state index contributed by atoms with van der Waals surface area (Å²) in [5, 5.41) is 0. The summed E-state index contributed by atoms with van der Waals surface area (Å²) in [6.45, 7) is 5.72. The van der Waals surface area contributed by atoms with Gasteiger partial charge < -0.3 is 13.7 Å². The van der Waals surface area contributed by atoms with Crippen LogP contribution in [-0.4, -0.2) is 22.6 Å². The second-order valence-electron chi connectivity index (χ2n) is 6.49. The number of fused-ring (bicyclic) bond motifs is 1. The minimum atomic E-state index is 0.239. The second-order valence-corrected chi connectivity index (χ2v) is 6.49. The molecular formula is C21H24N2O2. The molecule has 130 valence electrons. The quantitative estimate of drug-likeness (QED) is 0.688. The summed E-state index contributed by atoms with van der Waals surface area (Å²) in [7, 11) is 0. The van der Waals surface area contributed by atoms with E-state index in [-0.39, 0.29) is 6.04 Å². The van der Waals surface area contributed by atoms with Crippen LogP contribution in [0.1, 0.15) is 36.2 Å². The molecule has 0 aliphatic carbocycles. The first kappa shape index (κ1) is 16.0. The van der Waals surface area contributed by atoms with Crippen LogP contribution in [0, 0.1) is 0 Å². The highest BCUT2D eigenvalue weighted by Gasteiger charge is 2.27. The fraction of sp³-hybridized carbons (Fsp3) is 0.333. The Hall–Kier alpha value is -2.46. The Labute approximate surface area is 148 Å². The minimum Gasteiger partial charge on any atom is -0.494 e. The number of hydrogen-bond acceptors (Lipinski definition) is 3. The molecule has 0 N–H and O–H groups in total. The zero-order valence-electron chi connectivity index (χ0n) is 14.6. The number of furan rings is 1. The van der Waals surface area contributed by atoms with E-state index in [2.05, 4.69) is 58.1 Å². The zero-order chi connectivity index (χ0) is 17.1. The number of hydrogen-bond donors (Lipinski definition) is 0. The van der Waals surface area contributed by atoms with Gasteiger partial charge in [0.1, 0.15) is 5.75 Å². The van der Waals surface area contributed by atoms with E-state index in [1.165, 1.54) is 16.8 Å². The highest BCUT2D eigenvalue weighted by Crippen LogP contribution is 2.33. The van der Waals surface area contributed by atoms with Crippen LogP contribution in [0.2, 0.25) is 0 Å². The molecule has 0 bridgehead atoms. The molecule has 0 saturated heterocycles. The standard InChI is InChI=1S/C21H24N2O2/c1-2-25-19-8-6-18(7-9-19)21-20-5-3-11-22(20)12-4-13-23(21)15-17-10-14-24-16-17/h3,5-11,14,16,21H,2,4,12-13,15H2,1H3. The Morgan fingerprint density at radius 1 is 1.12 bits per heavy atom. The second kappa shape index (κ2) is 7.19. The molecule has 2 aromatic heterocycles. The molecule has 0 radical (unpaired) electrons. The maximum absolute atomic E-state index is 5.61. The lowest BCUT2D eigenvalue weighted by Crippen LogP contribution is -2.29. The van der Waals surface area contributed by atoms with E-state index in [0.717, 1.165) is 31.8 Å². The topological polar surface area (TPSA) is 30.5 Å². The first-order valence-corrected chi connectivity index (χ1v) is 8.98. The van der Waals surface area contributed by atoms with Crippen LogP contribution in [0.5, 0.6) is 5.75 Å². The first-order chi connectivity index (χ1) is 12.3. The molecule has 1 unspecified atom stereocenters. The highest BCUT2D eigenvalue weighted by atomic mass is 16.5. The van der Waals surface area contributed by atoms with E-state index in [1.807, 2.05) is 13.2 Å². The van der Waals surface area contributed by atoms with Crippen molar-refractivity contribution in [3.8, 4) is 5.75 Å². The van der Waals surface area contributed by atoms with Crippen molar-refractivity contribution in [2.75, 3.05) is 13.2 Å². The number of aryl methyl sites for hydroxylation is 1. The zero-order valence-corrected chi connectivity index (χ0v) is 14.6. The maximum Gasteiger partial charge on any atom is 0.119 e. The Bertz CT molecular complexity index is 790. The van der Waals surface area contributed by atoms with Crippen molar-refractivity contribution in [3.05, 3.63) is 78.0 Å². The predicted molar refractivity (Wildman–Crippen MR) is 97.6 cm³/mol. The van der Waals surface area contributed by atoms with Gasteiger partial charge in [-0.15, -0.1) is 0 Å². The first-order valence-electron chi connectivity index (χ1n) is 8.98. The van der Waals surface area contributed by atoms with E-state index in [1.54, 1.807) is 6.26 Å². The molecular weight excluding hydrogens is 312 g/mol. The summed E-state index contributed by atoms with van der Waals surface area (Å²) in [6, 6.07) is 15.2. The molecule has 3 aromatic rings. The van der Waals surface area contributed by atoms with Crippen molar-refractivity contribution in [3.63, 3.8) is 0 Å². The third-order valence-electron chi connectivity index (χ3n) is 4.83. The summed E-state index contributed by atoms with van der Waals surface area (Å²) < 4.78 is 13.3. The Kier molecular flexibility index (Phi) is 4.61. The third-order valence-corrected chi connectivity index (χ3v) is 4.83. The summed E-state index contributed by atoms with van der Waals surface area (Å²) in [4.78, 5) is 2.54. The van der Waals surface area contributed by atoms with Crippen molar-refractivity contribution in [2.24, 2.45) is 0 Å². The number of benzene rings is 1. The molecule has 25 heavy (non-hydrogen) atoms. The number of aromatic nitrogens is 1. The van der Waals surface area contributed by atoms with Gasteiger partial charge in [-0.25, -0.2) is 0 Å². The van der Waals surface area contributed by atoms with Crippen molar-refractivity contribution in [2.45, 2.75) is 32.5 Å². The Morgan fingerprint density at radius 2 is 2.00 bits per heavy atom. The predicted octanol–water partition coefficient (Wildman–Crippen LogP) is 4.48. The lowest BCUT2D eigenvalue weighted by atomic mass is 10.0. The van der Waals surface area contributed by atoms with E-state index in [0.29, 0.717) is 6.61 Å². The number of ether oxygens (including phenoxy) is 1. The fourth-order valence-corrected chi connectivity index (χ4v) is 3.72. The lowest BCUT2D eigenvalue weighted by Gasteiger charge is -2.30. The largest absolute Gasteiger partial charge is 0.494 e. The van der Waals surface area contributed by atoms with E-state index in [9.17, 15) is 0 Å². The fourth-order valence-electron chi connectivity index (χ4n) is 3.72. The molecule has 0 spiro atoms. The third kappa shape index (κ3) is 3.35. The molecule has 4 heteroatoms. The maximum atomic E-state index is 5.61. The molecule has 0 saturated carbocycles. The molecule has 1 atom stereocenters. The van der Waals surface area contributed by atoms with Crippen molar-refractivity contribution >= 4 is 0 Å². The van der Waals surface area contributed by atoms with Crippen LogP contribution in [0.4, 0.5) is 0 Å². The van der Waals surface area contributed by atoms with Crippen molar-refractivity contribution in [1.29, 1.82) is 0 Å². The van der Waals surface area contributed by atoms with Gasteiger partial charge in [0.2, 0.25) is 0 Å². The van der Waals surface area contributed by atoms with Gasteiger partial charge in [-0.3, -0.25) is 4.90 Å². The van der Waals surface area contributed by atoms with Crippen LogP contribution >= 0.6 is 0 Å². The molecule has 4 rings (SSSR count). The van der Waals surface area contributed by atoms with Gasteiger partial charge in [-0.05, 0) is 49.2 Å². The average Bonchev–Trinajstić information content (AvgIpc) is 3.26. The van der Waals surface area contributed by atoms with E-state index >= 15 is 0 Å². The lowest BCUT2D eigenvalue weighted by molar-refractivity contribution is 0.219. The minimum absolute atomic E-state index is 0.239. The highest BCUT2D eigenvalue weighted by molar-refractivity contribution is 5.34. The van der Waals surface area contributed by atoms with Gasteiger partial charge in [-0.2, -0.15) is 0 Å². The molecule has 4 nitrogen and oxygen atoms in total. The summed E-state index contributed by atoms with van der Waals surface area (Å²) in [5.41, 5.74) is 3.87. The SMILES string of the molecule is CCOc1ccc(C2c3cccn3CCCN2Cc2ccoc2)cc1. The Balaban J connectivity index is 1.70. The van der Waals surface area contributed by atoms with Gasteiger partial charge in [0.25, 0.3) is 0 Å². The smallest absolute Gasteiger partial charge is 0.119 e. The molecule has 1 aliphatic rings. The van der Waals surface area contributed by atoms with Crippen LogP contribution in [0.25, 0.3) is 0 Å². The molecule has 0 fully saturated rings. The van der Waals surface area contributed by atoms with Crippen LogP contribution in [0.15, 0.2) is 65.6 Å². The van der Waals surface area contributed by atoms with Crippen LogP contribution < -0.4 is 4.74 Å². The molecule has 0 amide bonds.